The SMILES string of the molecule is FC(F)Oc1cccc2cccc(C(F)F)c12. The Kier molecular flexibility index (Phi) is 3.17. The van der Waals surface area contributed by atoms with Gasteiger partial charge in [0.05, 0.1) is 0 Å². The van der Waals surface area contributed by atoms with Gasteiger partial charge < -0.3 is 4.74 Å². The minimum Gasteiger partial charge on any atom is -0.434 e. The molecule has 17 heavy (non-hydrogen) atoms. The van der Waals surface area contributed by atoms with Crippen molar-refractivity contribution < 1.29 is 22.3 Å². The van der Waals surface area contributed by atoms with Crippen LogP contribution in [0.2, 0.25) is 0 Å². The van der Waals surface area contributed by atoms with Gasteiger partial charge in [-0.25, -0.2) is 8.78 Å². The molecule has 0 saturated heterocycles. The summed E-state index contributed by atoms with van der Waals surface area (Å²) in [5.41, 5.74) is -0.307. The summed E-state index contributed by atoms with van der Waals surface area (Å²) in [4.78, 5) is 0. The first-order chi connectivity index (χ1) is 8.09. The van der Waals surface area contributed by atoms with Crippen molar-refractivity contribution in [3.63, 3.8) is 0 Å². The van der Waals surface area contributed by atoms with Gasteiger partial charge in [0, 0.05) is 10.9 Å². The quantitative estimate of drug-likeness (QED) is 0.728. The van der Waals surface area contributed by atoms with Crippen molar-refractivity contribution in [3.8, 4) is 5.75 Å². The highest BCUT2D eigenvalue weighted by atomic mass is 19.3. The number of hydrogen-bond acceptors (Lipinski definition) is 1. The molecular formula is C12H8F4O. The van der Waals surface area contributed by atoms with Crippen molar-refractivity contribution >= 4 is 10.8 Å². The average molecular weight is 244 g/mol. The Hall–Kier alpha value is -1.78. The zero-order valence-corrected chi connectivity index (χ0v) is 8.54. The number of rotatable bonds is 3. The van der Waals surface area contributed by atoms with Crippen LogP contribution in [0.4, 0.5) is 17.6 Å². The monoisotopic (exact) mass is 244 g/mol. The van der Waals surface area contributed by atoms with Crippen LogP contribution in [-0.4, -0.2) is 6.61 Å². The van der Waals surface area contributed by atoms with E-state index >= 15 is 0 Å². The van der Waals surface area contributed by atoms with Crippen LogP contribution in [-0.2, 0) is 0 Å². The van der Waals surface area contributed by atoms with Gasteiger partial charge in [-0.05, 0) is 11.5 Å². The van der Waals surface area contributed by atoms with Crippen LogP contribution in [0.25, 0.3) is 10.8 Å². The number of fused-ring (bicyclic) bond motifs is 1. The van der Waals surface area contributed by atoms with Crippen molar-refractivity contribution in [2.45, 2.75) is 13.0 Å². The summed E-state index contributed by atoms with van der Waals surface area (Å²) in [5.74, 6) is -0.228. The van der Waals surface area contributed by atoms with Crippen LogP contribution < -0.4 is 4.74 Å². The molecule has 0 amide bonds. The van der Waals surface area contributed by atoms with Gasteiger partial charge in [-0.1, -0.05) is 30.3 Å². The fourth-order valence-corrected chi connectivity index (χ4v) is 1.71. The van der Waals surface area contributed by atoms with Gasteiger partial charge in [0.1, 0.15) is 5.75 Å². The van der Waals surface area contributed by atoms with E-state index in [1.807, 2.05) is 0 Å². The summed E-state index contributed by atoms with van der Waals surface area (Å²) in [6.45, 7) is -3.04. The molecule has 5 heteroatoms. The highest BCUT2D eigenvalue weighted by Gasteiger charge is 2.16. The van der Waals surface area contributed by atoms with E-state index in [4.69, 9.17) is 0 Å². The molecule has 0 aliphatic rings. The summed E-state index contributed by atoms with van der Waals surface area (Å²) in [7, 11) is 0. The van der Waals surface area contributed by atoms with Crippen molar-refractivity contribution in [2.24, 2.45) is 0 Å². The van der Waals surface area contributed by atoms with E-state index in [1.165, 1.54) is 24.3 Å². The van der Waals surface area contributed by atoms with Gasteiger partial charge in [-0.3, -0.25) is 0 Å². The maximum absolute atomic E-state index is 12.8. The van der Waals surface area contributed by atoms with Gasteiger partial charge in [0.2, 0.25) is 0 Å². The lowest BCUT2D eigenvalue weighted by atomic mass is 10.0. The molecule has 0 radical (unpaired) electrons. The van der Waals surface area contributed by atoms with Crippen molar-refractivity contribution in [1.29, 1.82) is 0 Å². The van der Waals surface area contributed by atoms with E-state index in [9.17, 15) is 17.6 Å². The Morgan fingerprint density at radius 1 is 0.882 bits per heavy atom. The Morgan fingerprint density at radius 2 is 1.53 bits per heavy atom. The van der Waals surface area contributed by atoms with Gasteiger partial charge in [0.25, 0.3) is 6.43 Å². The largest absolute Gasteiger partial charge is 0.434 e. The van der Waals surface area contributed by atoms with Gasteiger partial charge in [-0.15, -0.1) is 0 Å². The van der Waals surface area contributed by atoms with Crippen LogP contribution in [0.3, 0.4) is 0 Å². The zero-order chi connectivity index (χ0) is 12.4. The van der Waals surface area contributed by atoms with E-state index in [0.29, 0.717) is 5.39 Å². The molecule has 90 valence electrons. The van der Waals surface area contributed by atoms with Gasteiger partial charge >= 0.3 is 6.61 Å². The van der Waals surface area contributed by atoms with E-state index in [1.54, 1.807) is 12.1 Å². The lowest BCUT2D eigenvalue weighted by Gasteiger charge is -2.11. The molecule has 2 rings (SSSR count). The van der Waals surface area contributed by atoms with Crippen molar-refractivity contribution in [2.75, 3.05) is 0 Å². The lowest BCUT2D eigenvalue weighted by molar-refractivity contribution is -0.0489. The summed E-state index contributed by atoms with van der Waals surface area (Å²) >= 11 is 0. The second-order valence-electron chi connectivity index (χ2n) is 3.38. The molecule has 2 aromatic rings. The fourth-order valence-electron chi connectivity index (χ4n) is 1.71. The third-order valence-electron chi connectivity index (χ3n) is 2.35. The summed E-state index contributed by atoms with van der Waals surface area (Å²) in [5, 5.41) is 0.478. The fraction of sp³-hybridized carbons (Fsp3) is 0.167. The number of halogens is 4. The Balaban J connectivity index is 2.67. The summed E-state index contributed by atoms with van der Waals surface area (Å²) in [6, 6.07) is 8.52. The van der Waals surface area contributed by atoms with Crippen LogP contribution >= 0.6 is 0 Å². The Bertz CT molecular complexity index is 520. The molecule has 0 heterocycles. The van der Waals surface area contributed by atoms with E-state index in [-0.39, 0.29) is 16.7 Å². The molecule has 0 saturated carbocycles. The highest BCUT2D eigenvalue weighted by Crippen LogP contribution is 2.34. The maximum Gasteiger partial charge on any atom is 0.387 e. The summed E-state index contributed by atoms with van der Waals surface area (Å²) < 4.78 is 54.1. The molecule has 2 aromatic carbocycles. The second-order valence-corrected chi connectivity index (χ2v) is 3.38. The normalized spacial score (nSPS) is 11.4. The number of ether oxygens (including phenoxy) is 1. The molecule has 0 unspecified atom stereocenters. The maximum atomic E-state index is 12.8. The zero-order valence-electron chi connectivity index (χ0n) is 8.54. The highest BCUT2D eigenvalue weighted by molar-refractivity contribution is 5.91. The first kappa shape index (κ1) is 11.7. The summed E-state index contributed by atoms with van der Waals surface area (Å²) in [6.07, 6.45) is -2.74. The smallest absolute Gasteiger partial charge is 0.387 e. The van der Waals surface area contributed by atoms with E-state index in [0.717, 1.165) is 0 Å². The van der Waals surface area contributed by atoms with Crippen molar-refractivity contribution in [1.82, 2.24) is 0 Å². The predicted octanol–water partition coefficient (Wildman–Crippen LogP) is 4.38. The molecule has 0 atom stereocenters. The number of benzene rings is 2. The van der Waals surface area contributed by atoms with Crippen LogP contribution in [0.1, 0.15) is 12.0 Å². The third-order valence-corrected chi connectivity index (χ3v) is 2.35. The first-order valence-electron chi connectivity index (χ1n) is 4.84. The molecule has 0 N–H and O–H groups in total. The van der Waals surface area contributed by atoms with Gasteiger partial charge in [0.15, 0.2) is 0 Å². The van der Waals surface area contributed by atoms with Crippen LogP contribution in [0, 0.1) is 0 Å². The first-order valence-corrected chi connectivity index (χ1v) is 4.84. The molecule has 0 bridgehead atoms. The van der Waals surface area contributed by atoms with Gasteiger partial charge in [-0.2, -0.15) is 8.78 Å². The number of hydrogen-bond donors (Lipinski definition) is 0. The standard InChI is InChI=1S/C12H8F4O/c13-11(14)8-5-1-3-7-4-2-6-9(10(7)8)17-12(15)16/h1-6,11-12H. The Labute approximate surface area is 94.6 Å². The number of alkyl halides is 4. The molecule has 0 fully saturated rings. The lowest BCUT2D eigenvalue weighted by Crippen LogP contribution is -2.03. The minimum atomic E-state index is -3.04. The van der Waals surface area contributed by atoms with Crippen LogP contribution in [0.5, 0.6) is 5.75 Å². The van der Waals surface area contributed by atoms with E-state index in [2.05, 4.69) is 4.74 Å². The van der Waals surface area contributed by atoms with Crippen molar-refractivity contribution in [3.05, 3.63) is 42.0 Å². The Morgan fingerprint density at radius 3 is 2.12 bits per heavy atom. The molecule has 0 aliphatic carbocycles. The minimum absolute atomic E-state index is 0.0327. The molecule has 0 aromatic heterocycles. The molecule has 0 spiro atoms. The van der Waals surface area contributed by atoms with Crippen LogP contribution in [0.15, 0.2) is 36.4 Å². The molecule has 0 aliphatic heterocycles. The topological polar surface area (TPSA) is 9.23 Å². The predicted molar refractivity (Wildman–Crippen MR) is 55.5 cm³/mol. The third kappa shape index (κ3) is 2.33. The average Bonchev–Trinajstić information content (AvgIpc) is 2.27. The van der Waals surface area contributed by atoms with E-state index < -0.39 is 13.0 Å². The molecule has 1 nitrogen and oxygen atoms in total. The molecular weight excluding hydrogens is 236 g/mol. The second kappa shape index (κ2) is 4.61.